The molecule has 0 amide bonds. The molecule has 0 bridgehead atoms. The minimum Gasteiger partial charge on any atom is -0.487 e. The Morgan fingerprint density at radius 3 is 2.28 bits per heavy atom. The maximum Gasteiger partial charge on any atom is 0.272 e. The summed E-state index contributed by atoms with van der Waals surface area (Å²) in [7, 11) is 0. The average molecular weight is 429 g/mol. The molecule has 32 heavy (non-hydrogen) atoms. The average Bonchev–Trinajstić information content (AvgIpc) is 2.81. The van der Waals surface area contributed by atoms with Gasteiger partial charge in [0.1, 0.15) is 28.9 Å². The molecule has 6 nitrogen and oxygen atoms in total. The molecule has 0 spiro atoms. The minimum atomic E-state index is -0.443. The second-order valence-electron chi connectivity index (χ2n) is 7.11. The molecule has 4 aromatic rings. The van der Waals surface area contributed by atoms with E-state index in [-0.39, 0.29) is 16.5 Å². The molecule has 0 saturated carbocycles. The highest BCUT2D eigenvalue weighted by Crippen LogP contribution is 2.12. The molecule has 0 radical (unpaired) electrons. The number of rotatable bonds is 6. The molecule has 2 aromatic carbocycles. The Balaban J connectivity index is 1.50. The van der Waals surface area contributed by atoms with E-state index in [1.54, 1.807) is 36.5 Å². The predicted octanol–water partition coefficient (Wildman–Crippen LogP) is 2.03. The van der Waals surface area contributed by atoms with Gasteiger partial charge in [0.05, 0.1) is 11.9 Å². The quantitative estimate of drug-likeness (QED) is 0.491. The van der Waals surface area contributed by atoms with Gasteiger partial charge in [0, 0.05) is 0 Å². The van der Waals surface area contributed by atoms with E-state index in [0.29, 0.717) is 24.5 Å². The van der Waals surface area contributed by atoms with Gasteiger partial charge in [-0.15, -0.1) is 0 Å². The van der Waals surface area contributed by atoms with Gasteiger partial charge in [0.25, 0.3) is 11.1 Å². The smallest absolute Gasteiger partial charge is 0.272 e. The molecule has 0 unspecified atom stereocenters. The molecular formula is C25H20FN3O3. The summed E-state index contributed by atoms with van der Waals surface area (Å²) in [5.41, 5.74) is 1.49. The molecule has 4 rings (SSSR count). The summed E-state index contributed by atoms with van der Waals surface area (Å²) in [6.07, 6.45) is 5.03. The van der Waals surface area contributed by atoms with Gasteiger partial charge in [-0.3, -0.25) is 14.6 Å². The standard InChI is InChI=1S/C25H20FN3O3/c26-19-9-6-17(7-10-19)8-13-22-24(30)29-23(25(31)28-22)14-20-11-12-21(15-27-20)32-16-18-4-2-1-3-5-18/h1-7,9-15H,8,16H2,(H,28,31)(H,29,30). The number of benzene rings is 2. The van der Waals surface area contributed by atoms with Gasteiger partial charge < -0.3 is 14.7 Å². The normalized spacial score (nSPS) is 12.2. The Bertz CT molecular complexity index is 1430. The molecule has 2 N–H and O–H groups in total. The number of nitrogens with one attached hydrogen (secondary N) is 2. The summed E-state index contributed by atoms with van der Waals surface area (Å²) in [5, 5.41) is 0.244. The molecule has 0 aliphatic heterocycles. The number of hydrogen-bond donors (Lipinski definition) is 2. The molecule has 160 valence electrons. The highest BCUT2D eigenvalue weighted by molar-refractivity contribution is 5.44. The van der Waals surface area contributed by atoms with E-state index in [0.717, 1.165) is 11.1 Å². The van der Waals surface area contributed by atoms with Crippen molar-refractivity contribution in [3.05, 3.63) is 127 Å². The van der Waals surface area contributed by atoms with E-state index >= 15 is 0 Å². The lowest BCUT2D eigenvalue weighted by atomic mass is 10.1. The van der Waals surface area contributed by atoms with Gasteiger partial charge in [-0.05, 0) is 47.9 Å². The lowest BCUT2D eigenvalue weighted by molar-refractivity contribution is 0.305. The van der Waals surface area contributed by atoms with Crippen LogP contribution in [0.3, 0.4) is 0 Å². The van der Waals surface area contributed by atoms with Crippen LogP contribution in [0.15, 0.2) is 82.5 Å². The first-order valence-corrected chi connectivity index (χ1v) is 9.98. The van der Waals surface area contributed by atoms with Crippen molar-refractivity contribution in [3.8, 4) is 5.75 Å². The van der Waals surface area contributed by atoms with Crippen LogP contribution in [0.5, 0.6) is 5.75 Å². The number of aromatic amines is 2. The van der Waals surface area contributed by atoms with E-state index in [1.807, 2.05) is 30.3 Å². The van der Waals surface area contributed by atoms with E-state index < -0.39 is 11.1 Å². The van der Waals surface area contributed by atoms with E-state index in [2.05, 4.69) is 15.0 Å². The van der Waals surface area contributed by atoms with E-state index in [9.17, 15) is 14.0 Å². The largest absolute Gasteiger partial charge is 0.487 e. The molecule has 0 atom stereocenters. The third-order valence-corrected chi connectivity index (χ3v) is 4.74. The molecule has 0 saturated heterocycles. The number of ether oxygens (including phenoxy) is 1. The molecule has 0 aliphatic carbocycles. The van der Waals surface area contributed by atoms with Gasteiger partial charge in [-0.25, -0.2) is 4.39 Å². The summed E-state index contributed by atoms with van der Waals surface area (Å²) < 4.78 is 18.7. The van der Waals surface area contributed by atoms with Gasteiger partial charge in [0.2, 0.25) is 0 Å². The zero-order chi connectivity index (χ0) is 22.3. The maximum absolute atomic E-state index is 13.0. The molecular weight excluding hydrogens is 409 g/mol. The van der Waals surface area contributed by atoms with Crippen molar-refractivity contribution in [2.45, 2.75) is 13.0 Å². The predicted molar refractivity (Wildman–Crippen MR) is 120 cm³/mol. The first-order valence-electron chi connectivity index (χ1n) is 9.98. The van der Waals surface area contributed by atoms with Crippen molar-refractivity contribution >= 4 is 12.2 Å². The fraction of sp³-hybridized carbons (Fsp3) is 0.0800. The van der Waals surface area contributed by atoms with Crippen LogP contribution in [0.25, 0.3) is 12.2 Å². The molecule has 0 aliphatic rings. The summed E-state index contributed by atoms with van der Waals surface area (Å²) in [4.78, 5) is 34.2. The zero-order valence-corrected chi connectivity index (χ0v) is 17.0. The molecule has 2 aromatic heterocycles. The second-order valence-corrected chi connectivity index (χ2v) is 7.11. The van der Waals surface area contributed by atoms with E-state index in [4.69, 9.17) is 4.74 Å². The van der Waals surface area contributed by atoms with Crippen LogP contribution in [0.4, 0.5) is 4.39 Å². The first kappa shape index (κ1) is 21.0. The van der Waals surface area contributed by atoms with Crippen LogP contribution in [0.1, 0.15) is 16.8 Å². The number of H-pyrrole nitrogens is 2. The topological polar surface area (TPSA) is 87.8 Å². The highest BCUT2D eigenvalue weighted by atomic mass is 19.1. The zero-order valence-electron chi connectivity index (χ0n) is 17.0. The van der Waals surface area contributed by atoms with Crippen molar-refractivity contribution in [1.29, 1.82) is 0 Å². The van der Waals surface area contributed by atoms with Gasteiger partial charge >= 0.3 is 0 Å². The monoisotopic (exact) mass is 429 g/mol. The van der Waals surface area contributed by atoms with Gasteiger partial charge in [0.15, 0.2) is 0 Å². The Labute approximate surface area is 182 Å². The van der Waals surface area contributed by atoms with Crippen LogP contribution >= 0.6 is 0 Å². The number of nitrogens with zero attached hydrogens (tertiary/aromatic N) is 1. The van der Waals surface area contributed by atoms with Crippen LogP contribution < -0.4 is 26.6 Å². The third-order valence-electron chi connectivity index (χ3n) is 4.74. The number of hydrogen-bond acceptors (Lipinski definition) is 4. The summed E-state index contributed by atoms with van der Waals surface area (Å²) in [6.45, 7) is 0.425. The second kappa shape index (κ2) is 9.70. The van der Waals surface area contributed by atoms with E-state index in [1.165, 1.54) is 18.2 Å². The molecule has 0 fully saturated rings. The van der Waals surface area contributed by atoms with Crippen LogP contribution in [-0.2, 0) is 13.0 Å². The number of pyridine rings is 1. The van der Waals surface area contributed by atoms with Gasteiger partial charge in [-0.1, -0.05) is 48.5 Å². The summed E-state index contributed by atoms with van der Waals surface area (Å²) >= 11 is 0. The van der Waals surface area contributed by atoms with Gasteiger partial charge in [-0.2, -0.15) is 0 Å². The van der Waals surface area contributed by atoms with Crippen molar-refractivity contribution in [3.63, 3.8) is 0 Å². The lowest BCUT2D eigenvalue weighted by Crippen LogP contribution is -2.46. The summed E-state index contributed by atoms with van der Waals surface area (Å²) in [5.74, 6) is 0.267. The molecule has 2 heterocycles. The fourth-order valence-electron chi connectivity index (χ4n) is 3.03. The Kier molecular flexibility index (Phi) is 6.36. The van der Waals surface area contributed by atoms with Crippen LogP contribution in [0.2, 0.25) is 0 Å². The lowest BCUT2D eigenvalue weighted by Gasteiger charge is -2.05. The van der Waals surface area contributed by atoms with Crippen LogP contribution in [0, 0.1) is 5.82 Å². The van der Waals surface area contributed by atoms with Crippen LogP contribution in [-0.4, -0.2) is 15.0 Å². The number of aromatic nitrogens is 3. The van der Waals surface area contributed by atoms with Crippen molar-refractivity contribution < 1.29 is 9.13 Å². The SMILES string of the molecule is O=c1[nH]c(=Cc2ccc(OCc3ccccc3)cn2)c(=O)[nH]c1=CCc1ccc(F)cc1. The van der Waals surface area contributed by atoms with Crippen molar-refractivity contribution in [2.75, 3.05) is 0 Å². The Hall–Kier alpha value is -4.26. The first-order chi connectivity index (χ1) is 15.6. The Morgan fingerprint density at radius 1 is 0.844 bits per heavy atom. The maximum atomic E-state index is 13.0. The van der Waals surface area contributed by atoms with Crippen molar-refractivity contribution in [1.82, 2.24) is 15.0 Å². The Morgan fingerprint density at radius 2 is 1.56 bits per heavy atom. The summed E-state index contributed by atoms with van der Waals surface area (Å²) in [6, 6.07) is 19.2. The minimum absolute atomic E-state index is 0.0967. The fourth-order valence-corrected chi connectivity index (χ4v) is 3.03. The highest BCUT2D eigenvalue weighted by Gasteiger charge is 2.00. The number of halogens is 1. The molecule has 7 heteroatoms. The third kappa shape index (κ3) is 5.46. The van der Waals surface area contributed by atoms with Crippen molar-refractivity contribution in [2.24, 2.45) is 0 Å².